The van der Waals surface area contributed by atoms with E-state index in [4.69, 9.17) is 0 Å². The van der Waals surface area contributed by atoms with Gasteiger partial charge in [0.1, 0.15) is 6.04 Å². The maximum atomic E-state index is 11.6. The highest BCUT2D eigenvalue weighted by Crippen LogP contribution is 2.08. The first kappa shape index (κ1) is 14.4. The van der Waals surface area contributed by atoms with Gasteiger partial charge in [0.2, 0.25) is 5.91 Å². The van der Waals surface area contributed by atoms with Crippen molar-refractivity contribution in [2.45, 2.75) is 32.2 Å². The fourth-order valence-electron chi connectivity index (χ4n) is 1.88. The highest BCUT2D eigenvalue weighted by Gasteiger charge is 2.29. The van der Waals surface area contributed by atoms with Crippen LogP contribution in [-0.4, -0.2) is 35.4 Å². The third kappa shape index (κ3) is 4.02. The molecule has 0 aliphatic carbocycles. The lowest BCUT2D eigenvalue weighted by molar-refractivity contribution is -0.122. The second-order valence-corrected chi connectivity index (χ2v) is 5.57. The van der Waals surface area contributed by atoms with Crippen molar-refractivity contribution in [1.82, 2.24) is 20.9 Å². The molecule has 2 heterocycles. The number of thiazole rings is 1. The second kappa shape index (κ2) is 6.47. The normalized spacial score (nSPS) is 17.8. The number of rotatable bonds is 6. The van der Waals surface area contributed by atoms with E-state index in [1.165, 1.54) is 0 Å². The Labute approximate surface area is 120 Å². The Hall–Kier alpha value is -1.96. The first-order valence-electron chi connectivity index (χ1n) is 6.33. The molecule has 3 N–H and O–H groups in total. The Bertz CT molecular complexity index is 529. The molecule has 8 heteroatoms. The van der Waals surface area contributed by atoms with Gasteiger partial charge in [0.25, 0.3) is 5.91 Å². The molecule has 1 aliphatic rings. The highest BCUT2D eigenvalue weighted by molar-refractivity contribution is 7.09. The van der Waals surface area contributed by atoms with Crippen molar-refractivity contribution in [2.75, 3.05) is 6.54 Å². The van der Waals surface area contributed by atoms with Crippen LogP contribution in [0.1, 0.15) is 23.5 Å². The van der Waals surface area contributed by atoms with E-state index in [2.05, 4.69) is 20.9 Å². The maximum Gasteiger partial charge on any atom is 0.322 e. The Morgan fingerprint density at radius 3 is 2.90 bits per heavy atom. The van der Waals surface area contributed by atoms with E-state index in [1.807, 2.05) is 12.3 Å². The molecule has 0 radical (unpaired) electrons. The predicted octanol–water partition coefficient (Wildman–Crippen LogP) is 0.0984. The van der Waals surface area contributed by atoms with Crippen LogP contribution in [0.4, 0.5) is 4.79 Å². The van der Waals surface area contributed by atoms with Crippen LogP contribution in [-0.2, 0) is 16.0 Å². The number of imide groups is 1. The van der Waals surface area contributed by atoms with E-state index in [0.717, 1.165) is 10.7 Å². The van der Waals surface area contributed by atoms with E-state index in [-0.39, 0.29) is 18.2 Å². The number of aromatic nitrogens is 1. The standard InChI is InChI=1S/C12H16N4O3S/c1-7-14-8(6-20-7)4-5-13-10(17)3-2-9-11(18)16-12(19)15-9/h6,9H,2-5H2,1H3,(H,13,17)(H2,15,16,18,19)/t9-/m1/s1. The third-order valence-electron chi connectivity index (χ3n) is 2.89. The van der Waals surface area contributed by atoms with Crippen molar-refractivity contribution in [2.24, 2.45) is 0 Å². The van der Waals surface area contributed by atoms with E-state index in [1.54, 1.807) is 11.3 Å². The van der Waals surface area contributed by atoms with Crippen LogP contribution in [0.25, 0.3) is 0 Å². The molecule has 1 atom stereocenters. The summed E-state index contributed by atoms with van der Waals surface area (Å²) in [5.41, 5.74) is 0.968. The fourth-order valence-corrected chi connectivity index (χ4v) is 2.53. The number of aryl methyl sites for hydroxylation is 1. The summed E-state index contributed by atoms with van der Waals surface area (Å²) in [7, 11) is 0. The second-order valence-electron chi connectivity index (χ2n) is 4.51. The van der Waals surface area contributed by atoms with Crippen LogP contribution in [0.3, 0.4) is 0 Å². The summed E-state index contributed by atoms with van der Waals surface area (Å²) in [6.07, 6.45) is 1.20. The summed E-state index contributed by atoms with van der Waals surface area (Å²) in [4.78, 5) is 38.1. The molecule has 0 spiro atoms. The first-order valence-corrected chi connectivity index (χ1v) is 7.21. The zero-order chi connectivity index (χ0) is 14.5. The molecule has 1 saturated heterocycles. The maximum absolute atomic E-state index is 11.6. The Morgan fingerprint density at radius 1 is 1.50 bits per heavy atom. The van der Waals surface area contributed by atoms with E-state index >= 15 is 0 Å². The number of hydrogen-bond acceptors (Lipinski definition) is 5. The number of carbonyl (C=O) groups excluding carboxylic acids is 3. The van der Waals surface area contributed by atoms with Crippen molar-refractivity contribution < 1.29 is 14.4 Å². The zero-order valence-corrected chi connectivity index (χ0v) is 11.9. The van der Waals surface area contributed by atoms with Crippen LogP contribution in [0.2, 0.25) is 0 Å². The molecule has 1 aromatic rings. The minimum Gasteiger partial charge on any atom is -0.356 e. The molecule has 4 amide bonds. The number of amides is 4. The van der Waals surface area contributed by atoms with Gasteiger partial charge < -0.3 is 10.6 Å². The summed E-state index contributed by atoms with van der Waals surface area (Å²) >= 11 is 1.58. The summed E-state index contributed by atoms with van der Waals surface area (Å²) in [5, 5.41) is 10.3. The van der Waals surface area contributed by atoms with Crippen molar-refractivity contribution >= 4 is 29.2 Å². The molecule has 1 fully saturated rings. The molecule has 1 aliphatic heterocycles. The summed E-state index contributed by atoms with van der Waals surface area (Å²) in [6.45, 7) is 2.46. The lowest BCUT2D eigenvalue weighted by atomic mass is 10.1. The van der Waals surface area contributed by atoms with Crippen molar-refractivity contribution in [3.8, 4) is 0 Å². The fraction of sp³-hybridized carbons (Fsp3) is 0.500. The molecular weight excluding hydrogens is 280 g/mol. The SMILES string of the molecule is Cc1nc(CCNC(=O)CC[C@H]2NC(=O)NC2=O)cs1. The van der Waals surface area contributed by atoms with Gasteiger partial charge in [0.15, 0.2) is 0 Å². The van der Waals surface area contributed by atoms with Crippen LogP contribution < -0.4 is 16.0 Å². The number of nitrogens with zero attached hydrogens (tertiary/aromatic N) is 1. The predicted molar refractivity (Wildman–Crippen MR) is 73.3 cm³/mol. The third-order valence-corrected chi connectivity index (χ3v) is 3.71. The average Bonchev–Trinajstić information content (AvgIpc) is 2.93. The Kier molecular flexibility index (Phi) is 4.67. The van der Waals surface area contributed by atoms with Crippen LogP contribution in [0.15, 0.2) is 5.38 Å². The van der Waals surface area contributed by atoms with Crippen LogP contribution >= 0.6 is 11.3 Å². The summed E-state index contributed by atoms with van der Waals surface area (Å²) in [6, 6.07) is -1.10. The number of urea groups is 1. The average molecular weight is 296 g/mol. The number of carbonyl (C=O) groups is 3. The molecule has 0 unspecified atom stereocenters. The van der Waals surface area contributed by atoms with E-state index in [9.17, 15) is 14.4 Å². The molecule has 0 aromatic carbocycles. The zero-order valence-electron chi connectivity index (χ0n) is 11.1. The molecule has 0 saturated carbocycles. The number of nitrogens with one attached hydrogen (secondary N) is 3. The van der Waals surface area contributed by atoms with Crippen molar-refractivity contribution in [3.05, 3.63) is 16.1 Å². The summed E-state index contributed by atoms with van der Waals surface area (Å²) in [5.74, 6) is -0.508. The number of hydrogen-bond donors (Lipinski definition) is 3. The van der Waals surface area contributed by atoms with Gasteiger partial charge in [-0.1, -0.05) is 0 Å². The molecule has 108 valence electrons. The largest absolute Gasteiger partial charge is 0.356 e. The molecule has 7 nitrogen and oxygen atoms in total. The van der Waals surface area contributed by atoms with Gasteiger partial charge in [-0.2, -0.15) is 0 Å². The van der Waals surface area contributed by atoms with E-state index in [0.29, 0.717) is 19.4 Å². The first-order chi connectivity index (χ1) is 9.54. The lowest BCUT2D eigenvalue weighted by Gasteiger charge is -2.07. The lowest BCUT2D eigenvalue weighted by Crippen LogP contribution is -2.32. The molecule has 20 heavy (non-hydrogen) atoms. The molecule has 0 bridgehead atoms. The van der Waals surface area contributed by atoms with Gasteiger partial charge in [0, 0.05) is 24.8 Å². The topological polar surface area (TPSA) is 100 Å². The van der Waals surface area contributed by atoms with Crippen LogP contribution in [0.5, 0.6) is 0 Å². The minimum atomic E-state index is -0.602. The Balaban J connectivity index is 1.63. The smallest absolute Gasteiger partial charge is 0.322 e. The molecule has 2 rings (SSSR count). The van der Waals surface area contributed by atoms with Crippen molar-refractivity contribution in [1.29, 1.82) is 0 Å². The monoisotopic (exact) mass is 296 g/mol. The van der Waals surface area contributed by atoms with Gasteiger partial charge in [-0.15, -0.1) is 11.3 Å². The molecular formula is C12H16N4O3S. The van der Waals surface area contributed by atoms with Crippen LogP contribution in [0, 0.1) is 6.92 Å². The van der Waals surface area contributed by atoms with Gasteiger partial charge in [-0.25, -0.2) is 9.78 Å². The molecule has 1 aromatic heterocycles. The van der Waals surface area contributed by atoms with E-state index < -0.39 is 12.1 Å². The van der Waals surface area contributed by atoms with Gasteiger partial charge in [-0.05, 0) is 13.3 Å². The quantitative estimate of drug-likeness (QED) is 0.648. The van der Waals surface area contributed by atoms with Gasteiger partial charge in [0.05, 0.1) is 10.7 Å². The van der Waals surface area contributed by atoms with Gasteiger partial charge >= 0.3 is 6.03 Å². The highest BCUT2D eigenvalue weighted by atomic mass is 32.1. The van der Waals surface area contributed by atoms with Crippen molar-refractivity contribution in [3.63, 3.8) is 0 Å². The van der Waals surface area contributed by atoms with Gasteiger partial charge in [-0.3, -0.25) is 14.9 Å². The summed E-state index contributed by atoms with van der Waals surface area (Å²) < 4.78 is 0. The minimum absolute atomic E-state index is 0.133. The Morgan fingerprint density at radius 2 is 2.30 bits per heavy atom.